The summed E-state index contributed by atoms with van der Waals surface area (Å²) < 4.78 is 13.7. The second-order valence-electron chi connectivity index (χ2n) is 4.78. The molecular formula is C13H17FN2O3. The van der Waals surface area contributed by atoms with Crippen molar-refractivity contribution in [3.63, 3.8) is 0 Å². The normalized spacial score (nSPS) is 10.9. The highest BCUT2D eigenvalue weighted by molar-refractivity contribution is 5.80. The van der Waals surface area contributed by atoms with E-state index in [1.807, 2.05) is 0 Å². The predicted octanol–water partition coefficient (Wildman–Crippen LogP) is 1.79. The van der Waals surface area contributed by atoms with Crippen molar-refractivity contribution in [1.29, 1.82) is 0 Å². The number of nitrogens with zero attached hydrogens (tertiary/aromatic N) is 1. The van der Waals surface area contributed by atoms with Gasteiger partial charge in [0.25, 0.3) is 0 Å². The van der Waals surface area contributed by atoms with Crippen molar-refractivity contribution < 1.29 is 19.1 Å². The van der Waals surface area contributed by atoms with Crippen LogP contribution in [-0.4, -0.2) is 35.6 Å². The molecule has 0 spiro atoms. The second-order valence-corrected chi connectivity index (χ2v) is 4.78. The van der Waals surface area contributed by atoms with Gasteiger partial charge in [-0.05, 0) is 19.9 Å². The van der Waals surface area contributed by atoms with Gasteiger partial charge in [0.15, 0.2) is 0 Å². The number of carbonyl (C=O) groups excluding carboxylic acids is 1. The molecule has 1 aromatic rings. The number of nitrogens with one attached hydrogen (secondary N) is 1. The van der Waals surface area contributed by atoms with Gasteiger partial charge in [0.2, 0.25) is 0 Å². The lowest BCUT2D eigenvalue weighted by Gasteiger charge is -2.29. The second kappa shape index (κ2) is 5.69. The third-order valence-corrected chi connectivity index (χ3v) is 2.69. The predicted molar refractivity (Wildman–Crippen MR) is 68.2 cm³/mol. The van der Waals surface area contributed by atoms with Crippen LogP contribution < -0.4 is 5.32 Å². The number of hydrogen-bond donors (Lipinski definition) is 2. The molecule has 0 unspecified atom stereocenters. The van der Waals surface area contributed by atoms with Gasteiger partial charge in [-0.1, -0.05) is 18.2 Å². The van der Waals surface area contributed by atoms with Gasteiger partial charge in [-0.15, -0.1) is 0 Å². The number of likely N-dealkylation sites (N-methyl/N-ethyl adjacent to an activating group) is 1. The zero-order valence-electron chi connectivity index (χ0n) is 11.1. The minimum atomic E-state index is -1.11. The zero-order chi connectivity index (χ0) is 14.6. The summed E-state index contributed by atoms with van der Waals surface area (Å²) in [6.07, 6.45) is 0. The fourth-order valence-electron chi connectivity index (χ4n) is 1.67. The van der Waals surface area contributed by atoms with Crippen molar-refractivity contribution in [2.45, 2.75) is 19.4 Å². The first-order chi connectivity index (χ1) is 8.74. The van der Waals surface area contributed by atoms with Crippen LogP contribution in [0, 0.1) is 5.82 Å². The summed E-state index contributed by atoms with van der Waals surface area (Å²) >= 11 is 0. The number of hydrogen-bond acceptors (Lipinski definition) is 2. The molecule has 0 saturated heterocycles. The monoisotopic (exact) mass is 268 g/mol. The van der Waals surface area contributed by atoms with Gasteiger partial charge in [0.1, 0.15) is 12.4 Å². The van der Waals surface area contributed by atoms with E-state index in [9.17, 15) is 14.0 Å². The number of amides is 2. The number of carbonyl (C=O) groups is 2. The molecular weight excluding hydrogens is 251 g/mol. The maximum absolute atomic E-state index is 13.7. The van der Waals surface area contributed by atoms with Gasteiger partial charge in [-0.2, -0.15) is 0 Å². The van der Waals surface area contributed by atoms with E-state index in [-0.39, 0.29) is 0 Å². The number of carboxylic acids is 1. The van der Waals surface area contributed by atoms with Crippen molar-refractivity contribution in [3.8, 4) is 0 Å². The Labute approximate surface area is 111 Å². The van der Waals surface area contributed by atoms with Crippen molar-refractivity contribution >= 4 is 12.0 Å². The van der Waals surface area contributed by atoms with Gasteiger partial charge in [-0.25, -0.2) is 9.18 Å². The average Bonchev–Trinajstić information content (AvgIpc) is 2.27. The Morgan fingerprint density at radius 1 is 1.37 bits per heavy atom. The molecule has 0 fully saturated rings. The first-order valence-electron chi connectivity index (χ1n) is 5.74. The lowest BCUT2D eigenvalue weighted by Crippen LogP contribution is -2.48. The Hall–Kier alpha value is -2.11. The molecule has 0 atom stereocenters. The quantitative estimate of drug-likeness (QED) is 0.874. The van der Waals surface area contributed by atoms with Crippen LogP contribution in [0.5, 0.6) is 0 Å². The van der Waals surface area contributed by atoms with Gasteiger partial charge in [0, 0.05) is 12.6 Å². The fourth-order valence-corrected chi connectivity index (χ4v) is 1.67. The molecule has 104 valence electrons. The largest absolute Gasteiger partial charge is 0.480 e. The number of carboxylic acid groups (broad SMARTS) is 1. The van der Waals surface area contributed by atoms with E-state index < -0.39 is 29.9 Å². The molecule has 6 heteroatoms. The Morgan fingerprint density at radius 3 is 2.47 bits per heavy atom. The highest BCUT2D eigenvalue weighted by Gasteiger charge is 2.27. The van der Waals surface area contributed by atoms with Crippen LogP contribution >= 0.6 is 0 Å². The van der Waals surface area contributed by atoms with Crippen LogP contribution in [0.2, 0.25) is 0 Å². The Balaban J connectivity index is 2.83. The minimum Gasteiger partial charge on any atom is -0.480 e. The van der Waals surface area contributed by atoms with E-state index in [0.29, 0.717) is 5.56 Å². The average molecular weight is 268 g/mol. The van der Waals surface area contributed by atoms with E-state index >= 15 is 0 Å². The van der Waals surface area contributed by atoms with Crippen LogP contribution in [0.4, 0.5) is 9.18 Å². The van der Waals surface area contributed by atoms with E-state index in [2.05, 4.69) is 5.32 Å². The highest BCUT2D eigenvalue weighted by atomic mass is 19.1. The number of rotatable bonds is 4. The van der Waals surface area contributed by atoms with Crippen LogP contribution in [-0.2, 0) is 10.3 Å². The van der Waals surface area contributed by atoms with Crippen molar-refractivity contribution in [2.24, 2.45) is 0 Å². The Morgan fingerprint density at radius 2 is 1.95 bits per heavy atom. The van der Waals surface area contributed by atoms with Crippen LogP contribution in [0.15, 0.2) is 24.3 Å². The molecule has 2 N–H and O–H groups in total. The van der Waals surface area contributed by atoms with Gasteiger partial charge >= 0.3 is 12.0 Å². The lowest BCUT2D eigenvalue weighted by molar-refractivity contribution is -0.137. The number of benzene rings is 1. The smallest absolute Gasteiger partial charge is 0.323 e. The maximum Gasteiger partial charge on any atom is 0.323 e. The van der Waals surface area contributed by atoms with E-state index in [0.717, 1.165) is 4.90 Å². The Bertz CT molecular complexity index is 489. The summed E-state index contributed by atoms with van der Waals surface area (Å²) in [6.45, 7) is 2.88. The SMILES string of the molecule is CN(CC(=O)O)C(=O)NC(C)(C)c1ccccc1F. The lowest BCUT2D eigenvalue weighted by atomic mass is 9.94. The maximum atomic E-state index is 13.7. The summed E-state index contributed by atoms with van der Waals surface area (Å²) in [5.74, 6) is -1.53. The van der Waals surface area contributed by atoms with Gasteiger partial charge < -0.3 is 15.3 Å². The molecule has 0 aromatic heterocycles. The third kappa shape index (κ3) is 3.94. The molecule has 19 heavy (non-hydrogen) atoms. The van der Waals surface area contributed by atoms with E-state index in [1.165, 1.54) is 13.1 Å². The third-order valence-electron chi connectivity index (χ3n) is 2.69. The van der Waals surface area contributed by atoms with E-state index in [4.69, 9.17) is 5.11 Å². The summed E-state index contributed by atoms with van der Waals surface area (Å²) in [5.41, 5.74) is -0.595. The topological polar surface area (TPSA) is 69.6 Å². The van der Waals surface area contributed by atoms with E-state index in [1.54, 1.807) is 32.0 Å². The minimum absolute atomic E-state index is 0.340. The summed E-state index contributed by atoms with van der Waals surface area (Å²) in [4.78, 5) is 23.3. The van der Waals surface area contributed by atoms with Gasteiger partial charge in [0.05, 0.1) is 5.54 Å². The molecule has 0 heterocycles. The highest BCUT2D eigenvalue weighted by Crippen LogP contribution is 2.22. The zero-order valence-corrected chi connectivity index (χ0v) is 11.1. The molecule has 0 aliphatic heterocycles. The van der Waals surface area contributed by atoms with Gasteiger partial charge in [-0.3, -0.25) is 4.79 Å². The molecule has 0 aliphatic rings. The first kappa shape index (κ1) is 14.9. The molecule has 0 bridgehead atoms. The Kier molecular flexibility index (Phi) is 4.47. The molecule has 0 radical (unpaired) electrons. The summed E-state index contributed by atoms with van der Waals surface area (Å²) in [6, 6.07) is 5.55. The first-order valence-corrected chi connectivity index (χ1v) is 5.74. The number of urea groups is 1. The summed E-state index contributed by atoms with van der Waals surface area (Å²) in [7, 11) is 1.36. The van der Waals surface area contributed by atoms with Crippen molar-refractivity contribution in [1.82, 2.24) is 10.2 Å². The fraction of sp³-hybridized carbons (Fsp3) is 0.385. The molecule has 1 rings (SSSR count). The van der Waals surface area contributed by atoms with Crippen LogP contribution in [0.1, 0.15) is 19.4 Å². The van der Waals surface area contributed by atoms with Crippen LogP contribution in [0.25, 0.3) is 0 Å². The molecule has 1 aromatic carbocycles. The standard InChI is InChI=1S/C13H17FN2O3/c1-13(2,9-6-4-5-7-10(9)14)15-12(19)16(3)8-11(17)18/h4-7H,8H2,1-3H3,(H,15,19)(H,17,18). The van der Waals surface area contributed by atoms with Crippen molar-refractivity contribution in [3.05, 3.63) is 35.6 Å². The summed E-state index contributed by atoms with van der Waals surface area (Å²) in [5, 5.41) is 11.2. The molecule has 0 saturated carbocycles. The number of aliphatic carboxylic acids is 1. The molecule has 2 amide bonds. The van der Waals surface area contributed by atoms with Crippen LogP contribution in [0.3, 0.4) is 0 Å². The van der Waals surface area contributed by atoms with Crippen molar-refractivity contribution in [2.75, 3.05) is 13.6 Å². The molecule has 0 aliphatic carbocycles. The molecule has 5 nitrogen and oxygen atoms in total. The number of halogens is 1.